The van der Waals surface area contributed by atoms with Gasteiger partial charge in [0.25, 0.3) is 0 Å². The summed E-state index contributed by atoms with van der Waals surface area (Å²) >= 11 is 4.76. The fourth-order valence-corrected chi connectivity index (χ4v) is 4.85. The van der Waals surface area contributed by atoms with Crippen LogP contribution in [0.1, 0.15) is 22.3 Å². The molecule has 7 nitrogen and oxygen atoms in total. The summed E-state index contributed by atoms with van der Waals surface area (Å²) in [6, 6.07) is 11.9. The summed E-state index contributed by atoms with van der Waals surface area (Å²) in [5.74, 6) is 0.0424. The number of hydrogen-bond donors (Lipinski definition) is 2. The molecule has 3 heterocycles. The normalized spacial score (nSPS) is 11.1. The fraction of sp³-hybridized carbons (Fsp3) is 0.227. The molecule has 0 aliphatic rings. The van der Waals surface area contributed by atoms with E-state index in [2.05, 4.69) is 54.8 Å². The predicted octanol–water partition coefficient (Wildman–Crippen LogP) is 5.44. The van der Waals surface area contributed by atoms with Gasteiger partial charge in [-0.2, -0.15) is 0 Å². The van der Waals surface area contributed by atoms with Crippen molar-refractivity contribution in [3.8, 4) is 16.3 Å². The Morgan fingerprint density at radius 1 is 1.29 bits per heavy atom. The van der Waals surface area contributed by atoms with Gasteiger partial charge in [-0.1, -0.05) is 22.0 Å². The lowest BCUT2D eigenvalue weighted by molar-refractivity contribution is 0.0698. The second-order valence-electron chi connectivity index (χ2n) is 6.87. The van der Waals surface area contributed by atoms with E-state index in [-0.39, 0.29) is 4.88 Å². The van der Waals surface area contributed by atoms with Gasteiger partial charge in [-0.25, -0.2) is 14.8 Å². The first-order valence-corrected chi connectivity index (χ1v) is 11.4. The average molecular weight is 501 g/mol. The van der Waals surface area contributed by atoms with Crippen molar-refractivity contribution in [1.82, 2.24) is 14.5 Å². The molecule has 0 aliphatic carbocycles. The second-order valence-corrected chi connectivity index (χ2v) is 8.77. The number of aryl methyl sites for hydroxylation is 1. The van der Waals surface area contributed by atoms with E-state index in [9.17, 15) is 9.90 Å². The number of nitrogens with zero attached hydrogens (tertiary/aromatic N) is 3. The molecule has 0 atom stereocenters. The lowest BCUT2D eigenvalue weighted by Gasteiger charge is -2.10. The number of ether oxygens (including phenoxy) is 1. The molecule has 31 heavy (non-hydrogen) atoms. The van der Waals surface area contributed by atoms with E-state index in [4.69, 9.17) is 4.74 Å². The van der Waals surface area contributed by atoms with Crippen molar-refractivity contribution in [3.63, 3.8) is 0 Å². The standard InChI is InChI=1S/C22H21BrN4O3S/c1-3-30-18-11-19(31-21(18)22(28)29)16-10-20(26-12-25-16)24-7-8-27-13(2)9-14-15(23)5-4-6-17(14)27/h4-6,9-12H,3,7-8H2,1-2H3,(H,28,29)(H,24,25,26). The molecule has 0 spiro atoms. The summed E-state index contributed by atoms with van der Waals surface area (Å²) in [7, 11) is 0. The summed E-state index contributed by atoms with van der Waals surface area (Å²) in [5, 5.41) is 13.9. The van der Waals surface area contributed by atoms with Crippen LogP contribution < -0.4 is 10.1 Å². The van der Waals surface area contributed by atoms with Crippen molar-refractivity contribution < 1.29 is 14.6 Å². The maximum Gasteiger partial charge on any atom is 0.349 e. The Balaban J connectivity index is 1.50. The van der Waals surface area contributed by atoms with Crippen LogP contribution >= 0.6 is 27.3 Å². The minimum absolute atomic E-state index is 0.172. The highest BCUT2D eigenvalue weighted by molar-refractivity contribution is 9.10. The summed E-state index contributed by atoms with van der Waals surface area (Å²) in [6.45, 7) is 5.79. The molecule has 0 aliphatic heterocycles. The summed E-state index contributed by atoms with van der Waals surface area (Å²) < 4.78 is 8.81. The summed E-state index contributed by atoms with van der Waals surface area (Å²) in [5.41, 5.74) is 3.03. The van der Waals surface area contributed by atoms with Crippen molar-refractivity contribution in [2.75, 3.05) is 18.5 Å². The zero-order chi connectivity index (χ0) is 22.0. The number of rotatable bonds is 8. The highest BCUT2D eigenvalue weighted by Crippen LogP contribution is 2.36. The number of aromatic nitrogens is 3. The second kappa shape index (κ2) is 9.07. The molecular weight excluding hydrogens is 480 g/mol. The number of benzene rings is 1. The Bertz CT molecular complexity index is 1250. The largest absolute Gasteiger partial charge is 0.492 e. The van der Waals surface area contributed by atoms with Crippen molar-refractivity contribution in [1.29, 1.82) is 0 Å². The van der Waals surface area contributed by atoms with Crippen LogP contribution in [0, 0.1) is 6.92 Å². The zero-order valence-electron chi connectivity index (χ0n) is 17.1. The maximum atomic E-state index is 11.5. The number of carboxylic acid groups (broad SMARTS) is 1. The lowest BCUT2D eigenvalue weighted by Crippen LogP contribution is -2.12. The van der Waals surface area contributed by atoms with Crippen molar-refractivity contribution >= 4 is 50.0 Å². The summed E-state index contributed by atoms with van der Waals surface area (Å²) in [6.07, 6.45) is 1.48. The van der Waals surface area contributed by atoms with Crippen LogP contribution in [-0.2, 0) is 6.54 Å². The Morgan fingerprint density at radius 2 is 2.13 bits per heavy atom. The SMILES string of the molecule is CCOc1cc(-c2cc(NCCn3c(C)cc4c(Br)cccc43)ncn2)sc1C(=O)O. The van der Waals surface area contributed by atoms with Crippen molar-refractivity contribution in [2.24, 2.45) is 0 Å². The number of anilines is 1. The molecule has 0 amide bonds. The quantitative estimate of drug-likeness (QED) is 0.334. The van der Waals surface area contributed by atoms with E-state index in [1.165, 1.54) is 22.9 Å². The molecule has 1 aromatic carbocycles. The molecule has 3 aromatic heterocycles. The molecule has 2 N–H and O–H groups in total. The van der Waals surface area contributed by atoms with Crippen LogP contribution in [0.4, 0.5) is 5.82 Å². The third-order valence-corrected chi connectivity index (χ3v) is 6.67. The summed E-state index contributed by atoms with van der Waals surface area (Å²) in [4.78, 5) is 21.0. The molecule has 0 saturated carbocycles. The Kier molecular flexibility index (Phi) is 6.24. The molecule has 0 unspecified atom stereocenters. The first kappa shape index (κ1) is 21.3. The first-order chi connectivity index (χ1) is 15.0. The maximum absolute atomic E-state index is 11.5. The number of hydrogen-bond acceptors (Lipinski definition) is 6. The Morgan fingerprint density at radius 3 is 2.90 bits per heavy atom. The lowest BCUT2D eigenvalue weighted by atomic mass is 10.2. The number of fused-ring (bicyclic) bond motifs is 1. The van der Waals surface area contributed by atoms with Gasteiger partial charge in [-0.15, -0.1) is 11.3 Å². The monoisotopic (exact) mass is 500 g/mol. The number of halogens is 1. The van der Waals surface area contributed by atoms with Crippen molar-refractivity contribution in [2.45, 2.75) is 20.4 Å². The van der Waals surface area contributed by atoms with E-state index in [0.29, 0.717) is 30.4 Å². The molecule has 0 radical (unpaired) electrons. The van der Waals surface area contributed by atoms with Gasteiger partial charge in [-0.3, -0.25) is 0 Å². The highest BCUT2D eigenvalue weighted by Gasteiger charge is 2.18. The van der Waals surface area contributed by atoms with E-state index in [1.807, 2.05) is 25.1 Å². The van der Waals surface area contributed by atoms with Gasteiger partial charge < -0.3 is 19.7 Å². The molecule has 9 heteroatoms. The Labute approximate surface area is 191 Å². The van der Waals surface area contributed by atoms with Gasteiger partial charge in [0, 0.05) is 46.3 Å². The number of thiophene rings is 1. The van der Waals surface area contributed by atoms with Gasteiger partial charge in [0.05, 0.1) is 17.2 Å². The fourth-order valence-electron chi connectivity index (χ4n) is 3.47. The van der Waals surface area contributed by atoms with Gasteiger partial charge >= 0.3 is 5.97 Å². The van der Waals surface area contributed by atoms with Crippen LogP contribution in [0.25, 0.3) is 21.5 Å². The average Bonchev–Trinajstić information content (AvgIpc) is 3.31. The van der Waals surface area contributed by atoms with E-state index >= 15 is 0 Å². The number of carboxylic acids is 1. The topological polar surface area (TPSA) is 89.3 Å². The van der Waals surface area contributed by atoms with Crippen LogP contribution in [0.2, 0.25) is 0 Å². The third kappa shape index (κ3) is 4.42. The molecule has 0 saturated heterocycles. The van der Waals surface area contributed by atoms with Crippen LogP contribution in [0.15, 0.2) is 47.2 Å². The van der Waals surface area contributed by atoms with Gasteiger partial charge in [0.15, 0.2) is 4.88 Å². The molecule has 4 aromatic rings. The minimum Gasteiger partial charge on any atom is -0.492 e. The predicted molar refractivity (Wildman–Crippen MR) is 126 cm³/mol. The molecule has 0 bridgehead atoms. The van der Waals surface area contributed by atoms with E-state index in [1.54, 1.807) is 6.07 Å². The minimum atomic E-state index is -1.01. The number of nitrogens with one attached hydrogen (secondary N) is 1. The molecule has 160 valence electrons. The van der Waals surface area contributed by atoms with E-state index < -0.39 is 5.97 Å². The van der Waals surface area contributed by atoms with Crippen LogP contribution in [0.5, 0.6) is 5.75 Å². The van der Waals surface area contributed by atoms with Crippen LogP contribution in [-0.4, -0.2) is 38.8 Å². The number of carbonyl (C=O) groups is 1. The van der Waals surface area contributed by atoms with E-state index in [0.717, 1.165) is 27.2 Å². The van der Waals surface area contributed by atoms with Crippen LogP contribution in [0.3, 0.4) is 0 Å². The van der Waals surface area contributed by atoms with Gasteiger partial charge in [0.1, 0.15) is 17.9 Å². The zero-order valence-corrected chi connectivity index (χ0v) is 19.5. The highest BCUT2D eigenvalue weighted by atomic mass is 79.9. The van der Waals surface area contributed by atoms with Crippen molar-refractivity contribution in [3.05, 3.63) is 57.8 Å². The molecule has 4 rings (SSSR count). The molecule has 0 fully saturated rings. The van der Waals surface area contributed by atoms with Gasteiger partial charge in [0.2, 0.25) is 0 Å². The third-order valence-electron chi connectivity index (χ3n) is 4.85. The number of aromatic carboxylic acids is 1. The Hall–Kier alpha value is -2.91. The van der Waals surface area contributed by atoms with Gasteiger partial charge in [-0.05, 0) is 32.0 Å². The molecular formula is C22H21BrN4O3S. The first-order valence-electron chi connectivity index (χ1n) is 9.78. The smallest absolute Gasteiger partial charge is 0.349 e.